The van der Waals surface area contributed by atoms with Crippen molar-refractivity contribution in [3.8, 4) is 23.1 Å². The van der Waals surface area contributed by atoms with Crippen LogP contribution >= 0.6 is 0 Å². The van der Waals surface area contributed by atoms with E-state index in [9.17, 15) is 10.1 Å². The van der Waals surface area contributed by atoms with Gasteiger partial charge in [0.1, 0.15) is 30.9 Å². The lowest BCUT2D eigenvalue weighted by Gasteiger charge is -2.30. The van der Waals surface area contributed by atoms with Crippen LogP contribution in [-0.2, 0) is 11.3 Å². The molecule has 2 saturated carbocycles. The molecule has 0 spiro atoms. The SMILES string of the molecule is CC(OC(=O)Nc1ccc(-c2c(C#N)c3ccc(OCc4ncn[nH]4)cc3n2C2CCC2)cc1)C1CC1. The molecule has 0 aliphatic heterocycles. The first-order chi connectivity index (χ1) is 18.1. The van der Waals surface area contributed by atoms with Crippen molar-refractivity contribution in [1.29, 1.82) is 5.26 Å². The highest BCUT2D eigenvalue weighted by Gasteiger charge is 2.31. The second kappa shape index (κ2) is 9.62. The van der Waals surface area contributed by atoms with Crippen molar-refractivity contribution >= 4 is 22.7 Å². The molecule has 2 fully saturated rings. The lowest BCUT2D eigenvalue weighted by atomic mass is 9.92. The van der Waals surface area contributed by atoms with Gasteiger partial charge in [-0.3, -0.25) is 10.4 Å². The number of aromatic nitrogens is 4. The van der Waals surface area contributed by atoms with Crippen molar-refractivity contribution < 1.29 is 14.3 Å². The Hall–Kier alpha value is -4.32. The number of nitrogens with one attached hydrogen (secondary N) is 2. The number of ether oxygens (including phenoxy) is 2. The van der Waals surface area contributed by atoms with Crippen molar-refractivity contribution in [3.05, 3.63) is 60.2 Å². The number of benzene rings is 2. The zero-order valence-corrected chi connectivity index (χ0v) is 20.6. The quantitative estimate of drug-likeness (QED) is 0.311. The topological polar surface area (TPSA) is 118 Å². The third-order valence-electron chi connectivity index (χ3n) is 7.35. The number of hydrogen-bond acceptors (Lipinski definition) is 6. The second-order valence-corrected chi connectivity index (χ2v) is 9.84. The van der Waals surface area contributed by atoms with Gasteiger partial charge in [-0.1, -0.05) is 12.1 Å². The van der Waals surface area contributed by atoms with Crippen LogP contribution in [0, 0.1) is 17.2 Å². The molecular weight excluding hydrogens is 468 g/mol. The zero-order chi connectivity index (χ0) is 25.4. The van der Waals surface area contributed by atoms with Gasteiger partial charge in [-0.15, -0.1) is 0 Å². The van der Waals surface area contributed by atoms with Gasteiger partial charge >= 0.3 is 6.09 Å². The molecule has 37 heavy (non-hydrogen) atoms. The molecule has 9 heteroatoms. The van der Waals surface area contributed by atoms with Gasteiger partial charge in [0, 0.05) is 23.2 Å². The molecule has 0 radical (unpaired) electrons. The van der Waals surface area contributed by atoms with Crippen LogP contribution in [0.4, 0.5) is 10.5 Å². The standard InChI is InChI=1S/C28H28N6O3/c1-17(18-5-6-18)37-28(35)32-20-9-7-19(8-10-20)27-24(14-29)23-12-11-22(36-15-26-30-16-31-33-26)13-25(23)34(27)21-3-2-4-21/h7-13,16-18,21H,2-6,15H2,1H3,(H,32,35)(H,30,31,33). The van der Waals surface area contributed by atoms with E-state index in [1.165, 1.54) is 6.33 Å². The number of hydrogen-bond donors (Lipinski definition) is 2. The smallest absolute Gasteiger partial charge is 0.411 e. The Balaban J connectivity index is 1.30. The lowest BCUT2D eigenvalue weighted by molar-refractivity contribution is 0.108. The monoisotopic (exact) mass is 496 g/mol. The molecular formula is C28H28N6O3. The average molecular weight is 497 g/mol. The molecule has 2 aromatic carbocycles. The summed E-state index contributed by atoms with van der Waals surface area (Å²) >= 11 is 0. The second-order valence-electron chi connectivity index (χ2n) is 9.84. The van der Waals surface area contributed by atoms with Crippen LogP contribution in [-0.4, -0.2) is 31.9 Å². The average Bonchev–Trinajstić information content (AvgIpc) is 3.51. The van der Waals surface area contributed by atoms with Crippen molar-refractivity contribution in [1.82, 2.24) is 19.7 Å². The number of rotatable bonds is 8. The molecule has 2 aromatic heterocycles. The molecule has 0 bridgehead atoms. The van der Waals surface area contributed by atoms with E-state index in [0.29, 0.717) is 34.8 Å². The van der Waals surface area contributed by atoms with Crippen LogP contribution in [0.3, 0.4) is 0 Å². The molecule has 6 rings (SSSR count). The molecule has 9 nitrogen and oxygen atoms in total. The molecule has 0 saturated heterocycles. The molecule has 2 aliphatic carbocycles. The molecule has 1 unspecified atom stereocenters. The minimum Gasteiger partial charge on any atom is -0.486 e. The maximum atomic E-state index is 12.3. The minimum atomic E-state index is -0.439. The van der Waals surface area contributed by atoms with Crippen molar-refractivity contribution in [3.63, 3.8) is 0 Å². The van der Waals surface area contributed by atoms with Crippen LogP contribution in [0.5, 0.6) is 5.75 Å². The predicted molar refractivity (Wildman–Crippen MR) is 138 cm³/mol. The van der Waals surface area contributed by atoms with Crippen LogP contribution in [0.15, 0.2) is 48.8 Å². The van der Waals surface area contributed by atoms with Crippen molar-refractivity contribution in [2.24, 2.45) is 5.92 Å². The molecule has 2 N–H and O–H groups in total. The van der Waals surface area contributed by atoms with Gasteiger partial charge in [-0.05, 0) is 74.8 Å². The molecule has 4 aromatic rings. The molecule has 2 aliphatic rings. The summed E-state index contributed by atoms with van der Waals surface area (Å²) in [6.45, 7) is 2.22. The Morgan fingerprint density at radius 1 is 1.22 bits per heavy atom. The fraction of sp³-hybridized carbons (Fsp3) is 0.357. The van der Waals surface area contributed by atoms with Gasteiger partial charge in [-0.25, -0.2) is 9.78 Å². The number of nitriles is 1. The van der Waals surface area contributed by atoms with E-state index >= 15 is 0 Å². The summed E-state index contributed by atoms with van der Waals surface area (Å²) in [5.41, 5.74) is 4.10. The first-order valence-electron chi connectivity index (χ1n) is 12.7. The zero-order valence-electron chi connectivity index (χ0n) is 20.6. The van der Waals surface area contributed by atoms with Gasteiger partial charge < -0.3 is 14.0 Å². The number of amides is 1. The summed E-state index contributed by atoms with van der Waals surface area (Å²) in [5.74, 6) is 1.84. The van der Waals surface area contributed by atoms with Crippen LogP contribution < -0.4 is 10.1 Å². The number of nitrogens with zero attached hydrogens (tertiary/aromatic N) is 4. The van der Waals surface area contributed by atoms with E-state index in [4.69, 9.17) is 9.47 Å². The number of carbonyl (C=O) groups is 1. The molecule has 2 heterocycles. The number of anilines is 1. The van der Waals surface area contributed by atoms with Crippen LogP contribution in [0.25, 0.3) is 22.2 Å². The summed E-state index contributed by atoms with van der Waals surface area (Å²) in [5, 5.41) is 20.6. The first-order valence-corrected chi connectivity index (χ1v) is 12.7. The van der Waals surface area contributed by atoms with E-state index in [0.717, 1.165) is 54.3 Å². The predicted octanol–water partition coefficient (Wildman–Crippen LogP) is 5.95. The summed E-state index contributed by atoms with van der Waals surface area (Å²) in [6.07, 6.45) is 6.48. The summed E-state index contributed by atoms with van der Waals surface area (Å²) in [7, 11) is 0. The molecule has 1 atom stereocenters. The largest absolute Gasteiger partial charge is 0.486 e. The lowest BCUT2D eigenvalue weighted by Crippen LogP contribution is -2.21. The fourth-order valence-electron chi connectivity index (χ4n) is 4.94. The third kappa shape index (κ3) is 4.62. The van der Waals surface area contributed by atoms with Gasteiger partial charge in [0.05, 0.1) is 16.8 Å². The minimum absolute atomic E-state index is 0.0692. The Morgan fingerprint density at radius 2 is 2.03 bits per heavy atom. The van der Waals surface area contributed by atoms with Gasteiger partial charge in [0.2, 0.25) is 0 Å². The highest BCUT2D eigenvalue weighted by Crippen LogP contribution is 2.43. The van der Waals surface area contributed by atoms with E-state index in [1.807, 2.05) is 49.4 Å². The molecule has 188 valence electrons. The van der Waals surface area contributed by atoms with E-state index in [1.54, 1.807) is 0 Å². The highest BCUT2D eigenvalue weighted by atomic mass is 16.6. The van der Waals surface area contributed by atoms with E-state index in [2.05, 4.69) is 31.1 Å². The Labute approximate surface area is 214 Å². The fourth-order valence-corrected chi connectivity index (χ4v) is 4.94. The highest BCUT2D eigenvalue weighted by molar-refractivity contribution is 5.96. The molecule has 1 amide bonds. The van der Waals surface area contributed by atoms with Crippen LogP contribution in [0.2, 0.25) is 0 Å². The Morgan fingerprint density at radius 3 is 2.68 bits per heavy atom. The van der Waals surface area contributed by atoms with Crippen molar-refractivity contribution in [2.75, 3.05) is 5.32 Å². The van der Waals surface area contributed by atoms with Gasteiger partial charge in [0.25, 0.3) is 0 Å². The third-order valence-corrected chi connectivity index (χ3v) is 7.35. The van der Waals surface area contributed by atoms with Crippen molar-refractivity contribution in [2.45, 2.75) is 57.8 Å². The van der Waals surface area contributed by atoms with E-state index < -0.39 is 6.09 Å². The summed E-state index contributed by atoms with van der Waals surface area (Å²) < 4.78 is 13.7. The normalized spacial score (nSPS) is 16.1. The number of carbonyl (C=O) groups excluding carboxylic acids is 1. The Kier molecular flexibility index (Phi) is 6.01. The van der Waals surface area contributed by atoms with Gasteiger partial charge in [-0.2, -0.15) is 10.4 Å². The number of H-pyrrole nitrogens is 1. The Bertz CT molecular complexity index is 1460. The number of aromatic amines is 1. The first kappa shape index (κ1) is 23.1. The summed E-state index contributed by atoms with van der Waals surface area (Å²) in [4.78, 5) is 16.4. The van der Waals surface area contributed by atoms with E-state index in [-0.39, 0.29) is 12.7 Å². The summed E-state index contributed by atoms with van der Waals surface area (Å²) in [6, 6.07) is 16.2. The number of fused-ring (bicyclic) bond motifs is 1. The maximum absolute atomic E-state index is 12.3. The van der Waals surface area contributed by atoms with Gasteiger partial charge in [0.15, 0.2) is 5.82 Å². The van der Waals surface area contributed by atoms with Crippen LogP contribution in [0.1, 0.15) is 56.5 Å². The maximum Gasteiger partial charge on any atom is 0.411 e.